The number of nitrogens with one attached hydrogen (secondary N) is 1. The fraction of sp³-hybridized carbons (Fsp3) is 0.500. The van der Waals surface area contributed by atoms with E-state index in [1.807, 2.05) is 25.1 Å². The summed E-state index contributed by atoms with van der Waals surface area (Å²) in [5.41, 5.74) is 0. The van der Waals surface area contributed by atoms with E-state index in [9.17, 15) is 0 Å². The van der Waals surface area contributed by atoms with Gasteiger partial charge in [-0.15, -0.1) is 0 Å². The topological polar surface area (TPSA) is 35.8 Å². The van der Waals surface area contributed by atoms with Gasteiger partial charge < -0.3 is 5.32 Å². The molecule has 0 aliphatic rings. The van der Waals surface area contributed by atoms with Crippen LogP contribution in [0.15, 0.2) is 12.2 Å². The molecule has 0 saturated carbocycles. The second-order valence-corrected chi connectivity index (χ2v) is 1.36. The Morgan fingerprint density at radius 2 is 2.50 bits per heavy atom. The van der Waals surface area contributed by atoms with Crippen molar-refractivity contribution in [3.63, 3.8) is 0 Å². The average molecular weight is 110 g/mol. The van der Waals surface area contributed by atoms with E-state index in [4.69, 9.17) is 5.26 Å². The minimum absolute atomic E-state index is 0.435. The van der Waals surface area contributed by atoms with Crippen molar-refractivity contribution >= 4 is 0 Å². The zero-order valence-electron chi connectivity index (χ0n) is 5.02. The van der Waals surface area contributed by atoms with Crippen molar-refractivity contribution in [1.82, 2.24) is 5.32 Å². The molecular formula is C6H10N2. The number of hydrogen-bond donors (Lipinski definition) is 1. The number of rotatable bonds is 3. The molecule has 0 rings (SSSR count). The van der Waals surface area contributed by atoms with Gasteiger partial charge in [0.1, 0.15) is 0 Å². The van der Waals surface area contributed by atoms with Crippen LogP contribution in [0.1, 0.15) is 6.92 Å². The molecule has 0 aromatic heterocycles. The van der Waals surface area contributed by atoms with E-state index in [2.05, 4.69) is 5.32 Å². The Balaban J connectivity index is 2.85. The highest BCUT2D eigenvalue weighted by Crippen LogP contribution is 1.64. The number of allylic oxidation sites excluding steroid dienone is 1. The molecule has 2 heteroatoms. The number of hydrogen-bond acceptors (Lipinski definition) is 2. The molecule has 0 unspecified atom stereocenters. The Morgan fingerprint density at radius 3 is 3.00 bits per heavy atom. The highest BCUT2D eigenvalue weighted by atomic mass is 14.8. The molecule has 44 valence electrons. The summed E-state index contributed by atoms with van der Waals surface area (Å²) < 4.78 is 0. The maximum absolute atomic E-state index is 8.03. The molecule has 0 aromatic carbocycles. The largest absolute Gasteiger partial charge is 0.301 e. The van der Waals surface area contributed by atoms with E-state index < -0.39 is 0 Å². The van der Waals surface area contributed by atoms with Crippen LogP contribution >= 0.6 is 0 Å². The second kappa shape index (κ2) is 6.19. The van der Waals surface area contributed by atoms with Gasteiger partial charge in [0.2, 0.25) is 0 Å². The van der Waals surface area contributed by atoms with Crippen molar-refractivity contribution in [2.45, 2.75) is 6.92 Å². The summed E-state index contributed by atoms with van der Waals surface area (Å²) in [6.07, 6.45) is 3.92. The third-order valence-electron chi connectivity index (χ3n) is 0.702. The molecule has 0 saturated heterocycles. The van der Waals surface area contributed by atoms with Gasteiger partial charge in [0.05, 0.1) is 12.6 Å². The summed E-state index contributed by atoms with van der Waals surface area (Å²) in [5.74, 6) is 0. The molecule has 1 N–H and O–H groups in total. The molecule has 0 aliphatic carbocycles. The quantitative estimate of drug-likeness (QED) is 0.329. The summed E-state index contributed by atoms with van der Waals surface area (Å²) >= 11 is 0. The molecule has 8 heavy (non-hydrogen) atoms. The van der Waals surface area contributed by atoms with Gasteiger partial charge in [-0.1, -0.05) is 12.2 Å². The first-order valence-corrected chi connectivity index (χ1v) is 2.60. The second-order valence-electron chi connectivity index (χ2n) is 1.36. The number of nitriles is 1. The molecule has 0 fully saturated rings. The van der Waals surface area contributed by atoms with Gasteiger partial charge in [-0.2, -0.15) is 5.26 Å². The third kappa shape index (κ3) is 5.19. The predicted octanol–water partition coefficient (Wildman–Crippen LogP) is 0.676. The van der Waals surface area contributed by atoms with Crippen molar-refractivity contribution in [3.05, 3.63) is 12.2 Å². The van der Waals surface area contributed by atoms with Crippen molar-refractivity contribution in [1.29, 1.82) is 5.26 Å². The van der Waals surface area contributed by atoms with E-state index in [0.29, 0.717) is 6.54 Å². The maximum atomic E-state index is 8.03. The Kier molecular flexibility index (Phi) is 5.56. The monoisotopic (exact) mass is 110 g/mol. The first-order chi connectivity index (χ1) is 3.91. The van der Waals surface area contributed by atoms with Gasteiger partial charge >= 0.3 is 0 Å². The Morgan fingerprint density at radius 1 is 1.75 bits per heavy atom. The van der Waals surface area contributed by atoms with Crippen LogP contribution in [-0.4, -0.2) is 13.1 Å². The lowest BCUT2D eigenvalue weighted by molar-refractivity contribution is 0.849. The third-order valence-corrected chi connectivity index (χ3v) is 0.702. The highest BCUT2D eigenvalue weighted by Gasteiger charge is 1.73. The van der Waals surface area contributed by atoms with E-state index >= 15 is 0 Å². The summed E-state index contributed by atoms with van der Waals surface area (Å²) in [6, 6.07) is 1.98. The first-order valence-electron chi connectivity index (χ1n) is 2.60. The summed E-state index contributed by atoms with van der Waals surface area (Å²) in [5, 5.41) is 10.9. The van der Waals surface area contributed by atoms with Crippen molar-refractivity contribution in [2.24, 2.45) is 0 Å². The van der Waals surface area contributed by atoms with Crippen LogP contribution in [0.25, 0.3) is 0 Å². The summed E-state index contributed by atoms with van der Waals surface area (Å²) in [6.45, 7) is 3.18. The SMILES string of the molecule is CC=CCNCC#N. The van der Waals surface area contributed by atoms with Gasteiger partial charge in [-0.3, -0.25) is 0 Å². The lowest BCUT2D eigenvalue weighted by Crippen LogP contribution is -2.12. The van der Waals surface area contributed by atoms with Crippen LogP contribution in [0.4, 0.5) is 0 Å². The molecule has 0 bridgehead atoms. The number of nitrogens with zero attached hydrogens (tertiary/aromatic N) is 1. The summed E-state index contributed by atoms with van der Waals surface area (Å²) in [7, 11) is 0. The summed E-state index contributed by atoms with van der Waals surface area (Å²) in [4.78, 5) is 0. The maximum Gasteiger partial charge on any atom is 0.0843 e. The Bertz CT molecular complexity index is 99.6. The van der Waals surface area contributed by atoms with Gasteiger partial charge in [-0.25, -0.2) is 0 Å². The predicted molar refractivity (Wildman–Crippen MR) is 33.3 cm³/mol. The molecule has 0 aromatic rings. The molecule has 0 amide bonds. The Labute approximate surface area is 49.8 Å². The fourth-order valence-electron chi connectivity index (χ4n) is 0.329. The molecule has 2 nitrogen and oxygen atoms in total. The van der Waals surface area contributed by atoms with E-state index in [1.165, 1.54) is 0 Å². The van der Waals surface area contributed by atoms with Gasteiger partial charge in [0.15, 0.2) is 0 Å². The lowest BCUT2D eigenvalue weighted by Gasteiger charge is -1.87. The van der Waals surface area contributed by atoms with Crippen LogP contribution in [0.3, 0.4) is 0 Å². The molecule has 0 aliphatic heterocycles. The Hall–Kier alpha value is -0.810. The normalized spacial score (nSPS) is 9.50. The molecular weight excluding hydrogens is 100 g/mol. The van der Waals surface area contributed by atoms with Crippen LogP contribution in [0.2, 0.25) is 0 Å². The van der Waals surface area contributed by atoms with E-state index in [0.717, 1.165) is 6.54 Å². The van der Waals surface area contributed by atoms with E-state index in [-0.39, 0.29) is 0 Å². The van der Waals surface area contributed by atoms with Crippen LogP contribution in [0.5, 0.6) is 0 Å². The van der Waals surface area contributed by atoms with Gasteiger partial charge in [-0.05, 0) is 6.92 Å². The van der Waals surface area contributed by atoms with E-state index in [1.54, 1.807) is 0 Å². The van der Waals surface area contributed by atoms with Crippen LogP contribution in [-0.2, 0) is 0 Å². The smallest absolute Gasteiger partial charge is 0.0843 e. The van der Waals surface area contributed by atoms with Crippen molar-refractivity contribution < 1.29 is 0 Å². The van der Waals surface area contributed by atoms with Gasteiger partial charge in [0.25, 0.3) is 0 Å². The van der Waals surface area contributed by atoms with Crippen molar-refractivity contribution in [3.8, 4) is 6.07 Å². The molecule has 0 atom stereocenters. The van der Waals surface area contributed by atoms with Crippen molar-refractivity contribution in [2.75, 3.05) is 13.1 Å². The molecule has 0 spiro atoms. The fourth-order valence-corrected chi connectivity index (χ4v) is 0.329. The van der Waals surface area contributed by atoms with Gasteiger partial charge in [0, 0.05) is 6.54 Å². The minimum atomic E-state index is 0.435. The first kappa shape index (κ1) is 7.19. The minimum Gasteiger partial charge on any atom is -0.301 e. The molecule has 0 radical (unpaired) electrons. The van der Waals surface area contributed by atoms with Crippen LogP contribution in [0, 0.1) is 11.3 Å². The zero-order valence-corrected chi connectivity index (χ0v) is 5.02. The molecule has 0 heterocycles. The average Bonchev–Trinajstić information content (AvgIpc) is 1.81. The highest BCUT2D eigenvalue weighted by molar-refractivity contribution is 4.82. The van der Waals surface area contributed by atoms with Crippen LogP contribution < -0.4 is 5.32 Å². The standard InChI is InChI=1S/C6H10N2/c1-2-3-5-8-6-4-7/h2-3,8H,5-6H2,1H3. The zero-order chi connectivity index (χ0) is 6.24. The lowest BCUT2D eigenvalue weighted by atomic mass is 10.5.